The Morgan fingerprint density at radius 1 is 1.00 bits per heavy atom. The number of rotatable bonds is 1. The lowest BCUT2D eigenvalue weighted by molar-refractivity contribution is -0.274. The quantitative estimate of drug-likeness (QED) is 0.520. The number of aliphatic hydroxyl groups is 1. The Bertz CT molecular complexity index is 819. The Labute approximate surface area is 205 Å². The molecule has 5 heteroatoms. The second-order valence-electron chi connectivity index (χ2n) is 13.8. The normalized spacial score (nSPS) is 58.5. The van der Waals surface area contributed by atoms with Crippen LogP contribution < -0.4 is 0 Å². The van der Waals surface area contributed by atoms with E-state index in [1.807, 2.05) is 0 Å². The summed E-state index contributed by atoms with van der Waals surface area (Å²) < 4.78 is 18.9. The van der Waals surface area contributed by atoms with E-state index < -0.39 is 5.79 Å². The molecule has 34 heavy (non-hydrogen) atoms. The van der Waals surface area contributed by atoms with Crippen molar-refractivity contribution < 1.29 is 24.1 Å². The largest absolute Gasteiger partial charge is 0.463 e. The van der Waals surface area contributed by atoms with Gasteiger partial charge in [0, 0.05) is 30.6 Å². The van der Waals surface area contributed by atoms with Gasteiger partial charge in [-0.3, -0.25) is 4.79 Å². The molecule has 4 aliphatic carbocycles. The zero-order valence-corrected chi connectivity index (χ0v) is 21.9. The minimum Gasteiger partial charge on any atom is -0.463 e. The van der Waals surface area contributed by atoms with Gasteiger partial charge in [-0.15, -0.1) is 0 Å². The van der Waals surface area contributed by atoms with Crippen LogP contribution in [-0.2, 0) is 19.0 Å². The highest BCUT2D eigenvalue weighted by Gasteiger charge is 2.71. The van der Waals surface area contributed by atoms with Crippen LogP contribution in [-0.4, -0.2) is 41.8 Å². The summed E-state index contributed by atoms with van der Waals surface area (Å²) >= 11 is 0. The summed E-state index contributed by atoms with van der Waals surface area (Å²) in [6.07, 6.45) is 9.76. The first-order chi connectivity index (χ1) is 16.1. The maximum absolute atomic E-state index is 11.9. The fourth-order valence-corrected chi connectivity index (χ4v) is 10.5. The topological polar surface area (TPSA) is 65.0 Å². The number of fused-ring (bicyclic) bond motifs is 7. The number of ether oxygens (including phenoxy) is 3. The van der Waals surface area contributed by atoms with Crippen molar-refractivity contribution in [3.05, 3.63) is 0 Å². The molecule has 0 amide bonds. The van der Waals surface area contributed by atoms with Gasteiger partial charge in [0.2, 0.25) is 0 Å². The van der Waals surface area contributed by atoms with Crippen molar-refractivity contribution in [1.29, 1.82) is 0 Å². The summed E-state index contributed by atoms with van der Waals surface area (Å²) in [5.41, 5.74) is 0.162. The first-order valence-corrected chi connectivity index (χ1v) is 14.3. The van der Waals surface area contributed by atoms with E-state index in [9.17, 15) is 9.90 Å². The lowest BCUT2D eigenvalue weighted by Gasteiger charge is -2.62. The van der Waals surface area contributed by atoms with E-state index in [-0.39, 0.29) is 35.1 Å². The standard InChI is InChI=1S/C29H46O5/c1-16-8-11-29(32-15-16)17(2)26-24(34-29)13-23-21-7-6-19-12-20(33-18(3)30)9-10-27(19,4)22(21)14-25(31)28(23,26)5/h16-17,19-26,31H,6-15H2,1-5H3/t16?,17-,19-,20-,21+,22?,23-,24-,25+,26?,27-,28+,29+/m0/s1. The van der Waals surface area contributed by atoms with Crippen LogP contribution in [0.4, 0.5) is 0 Å². The molecule has 0 bridgehead atoms. The van der Waals surface area contributed by atoms with Crippen LogP contribution in [0.1, 0.15) is 92.4 Å². The van der Waals surface area contributed by atoms with Gasteiger partial charge in [-0.05, 0) is 86.4 Å². The zero-order valence-electron chi connectivity index (χ0n) is 21.9. The Morgan fingerprint density at radius 2 is 1.79 bits per heavy atom. The van der Waals surface area contributed by atoms with E-state index in [0.717, 1.165) is 45.1 Å². The van der Waals surface area contributed by atoms with Gasteiger partial charge in [0.25, 0.3) is 0 Å². The van der Waals surface area contributed by atoms with Crippen molar-refractivity contribution in [3.8, 4) is 0 Å². The fourth-order valence-electron chi connectivity index (χ4n) is 10.5. The lowest BCUT2D eigenvalue weighted by atomic mass is 9.43. The smallest absolute Gasteiger partial charge is 0.302 e. The third-order valence-electron chi connectivity index (χ3n) is 12.3. The molecular formula is C29H46O5. The molecule has 3 unspecified atom stereocenters. The van der Waals surface area contributed by atoms with Crippen molar-refractivity contribution in [2.75, 3.05) is 6.61 Å². The van der Waals surface area contributed by atoms with E-state index in [4.69, 9.17) is 14.2 Å². The third-order valence-corrected chi connectivity index (χ3v) is 12.3. The Kier molecular flexibility index (Phi) is 5.53. The summed E-state index contributed by atoms with van der Waals surface area (Å²) in [6.45, 7) is 11.8. The fraction of sp³-hybridized carbons (Fsp3) is 0.966. The number of hydrogen-bond acceptors (Lipinski definition) is 5. The van der Waals surface area contributed by atoms with Crippen LogP contribution in [0, 0.1) is 52.3 Å². The molecule has 6 rings (SSSR count). The predicted molar refractivity (Wildman–Crippen MR) is 129 cm³/mol. The van der Waals surface area contributed by atoms with Crippen LogP contribution >= 0.6 is 0 Å². The monoisotopic (exact) mass is 474 g/mol. The van der Waals surface area contributed by atoms with Gasteiger partial charge in [-0.25, -0.2) is 0 Å². The van der Waals surface area contributed by atoms with Gasteiger partial charge in [-0.2, -0.15) is 0 Å². The van der Waals surface area contributed by atoms with Crippen molar-refractivity contribution >= 4 is 5.97 Å². The maximum atomic E-state index is 11.9. The SMILES string of the molecule is CC(=O)O[C@H]1CC[C@]2(C)C3C[C@@H](O)[C@]4(C)C5[C@H](C[C@H]4[C@@H]3CC[C@H]2C1)O[C@]1(CCC(C)CO1)[C@H]5C. The van der Waals surface area contributed by atoms with Gasteiger partial charge >= 0.3 is 5.97 Å². The summed E-state index contributed by atoms with van der Waals surface area (Å²) in [6, 6.07) is 0. The third kappa shape index (κ3) is 3.18. The molecule has 6 aliphatic rings. The number of aliphatic hydroxyl groups excluding tert-OH is 1. The molecule has 6 fully saturated rings. The Hall–Kier alpha value is -0.650. The minimum atomic E-state index is -0.425. The summed E-state index contributed by atoms with van der Waals surface area (Å²) in [5, 5.41) is 11.9. The highest BCUT2D eigenvalue weighted by molar-refractivity contribution is 5.66. The molecule has 2 aliphatic heterocycles. The second kappa shape index (κ2) is 7.92. The number of carbonyl (C=O) groups excluding carboxylic acids is 1. The molecule has 5 nitrogen and oxygen atoms in total. The number of esters is 1. The molecule has 4 saturated carbocycles. The van der Waals surface area contributed by atoms with E-state index in [1.54, 1.807) is 0 Å². The zero-order chi connectivity index (χ0) is 24.0. The van der Waals surface area contributed by atoms with Crippen LogP contribution in [0.2, 0.25) is 0 Å². The van der Waals surface area contributed by atoms with Crippen LogP contribution in [0.25, 0.3) is 0 Å². The van der Waals surface area contributed by atoms with E-state index in [2.05, 4.69) is 27.7 Å². The molecule has 192 valence electrons. The van der Waals surface area contributed by atoms with Crippen molar-refractivity contribution in [2.24, 2.45) is 52.3 Å². The van der Waals surface area contributed by atoms with Crippen molar-refractivity contribution in [1.82, 2.24) is 0 Å². The second-order valence-corrected chi connectivity index (χ2v) is 13.8. The average Bonchev–Trinajstić information content (AvgIpc) is 3.23. The molecule has 0 aromatic carbocycles. The minimum absolute atomic E-state index is 0.0837. The molecule has 0 aromatic heterocycles. The first kappa shape index (κ1) is 23.7. The van der Waals surface area contributed by atoms with E-state index >= 15 is 0 Å². The van der Waals surface area contributed by atoms with Crippen LogP contribution in [0.3, 0.4) is 0 Å². The molecular weight excluding hydrogens is 428 g/mol. The maximum Gasteiger partial charge on any atom is 0.302 e. The summed E-state index contributed by atoms with van der Waals surface area (Å²) in [7, 11) is 0. The summed E-state index contributed by atoms with van der Waals surface area (Å²) in [4.78, 5) is 11.6. The Morgan fingerprint density at radius 3 is 2.50 bits per heavy atom. The van der Waals surface area contributed by atoms with E-state index in [0.29, 0.717) is 41.4 Å². The molecule has 1 spiro atoms. The van der Waals surface area contributed by atoms with Crippen molar-refractivity contribution in [2.45, 2.75) is 117 Å². The highest BCUT2D eigenvalue weighted by atomic mass is 16.7. The first-order valence-electron chi connectivity index (χ1n) is 14.3. The lowest BCUT2D eigenvalue weighted by Crippen LogP contribution is -2.59. The molecule has 1 N–H and O–H groups in total. The van der Waals surface area contributed by atoms with Gasteiger partial charge in [0.05, 0.1) is 18.8 Å². The molecule has 0 aromatic rings. The van der Waals surface area contributed by atoms with Crippen molar-refractivity contribution in [3.63, 3.8) is 0 Å². The van der Waals surface area contributed by atoms with Gasteiger partial charge in [0.15, 0.2) is 5.79 Å². The highest BCUT2D eigenvalue weighted by Crippen LogP contribution is 2.71. The van der Waals surface area contributed by atoms with Crippen LogP contribution in [0.5, 0.6) is 0 Å². The van der Waals surface area contributed by atoms with Gasteiger partial charge in [-0.1, -0.05) is 27.7 Å². The molecule has 0 radical (unpaired) electrons. The van der Waals surface area contributed by atoms with E-state index in [1.165, 1.54) is 26.2 Å². The number of carbonyl (C=O) groups is 1. The average molecular weight is 475 g/mol. The van der Waals surface area contributed by atoms with Crippen LogP contribution in [0.15, 0.2) is 0 Å². The predicted octanol–water partition coefficient (Wildman–Crippen LogP) is 5.34. The summed E-state index contributed by atoms with van der Waals surface area (Å²) in [5.74, 6) is 3.11. The number of hydrogen-bond donors (Lipinski definition) is 1. The van der Waals surface area contributed by atoms with Gasteiger partial charge < -0.3 is 19.3 Å². The molecule has 2 heterocycles. The molecule has 13 atom stereocenters. The van der Waals surface area contributed by atoms with Gasteiger partial charge in [0.1, 0.15) is 6.10 Å². The molecule has 2 saturated heterocycles. The Balaban J connectivity index is 1.24.